The van der Waals surface area contributed by atoms with Crippen molar-refractivity contribution in [2.75, 3.05) is 0 Å². The lowest BCUT2D eigenvalue weighted by atomic mass is 9.78. The summed E-state index contributed by atoms with van der Waals surface area (Å²) in [5.41, 5.74) is 0. The number of nitrogens with zero attached hydrogens (tertiary/aromatic N) is 2. The van der Waals surface area contributed by atoms with Crippen molar-refractivity contribution in [1.82, 2.24) is 14.9 Å². The Balaban J connectivity index is 1.64. The second-order valence-corrected chi connectivity index (χ2v) is 6.28. The first kappa shape index (κ1) is 15.4. The van der Waals surface area contributed by atoms with E-state index < -0.39 is 23.9 Å². The number of amides is 1. The van der Waals surface area contributed by atoms with E-state index in [1.165, 1.54) is 0 Å². The number of carbonyl (C=O) groups is 1. The molecule has 0 saturated heterocycles. The quantitative estimate of drug-likeness (QED) is 0.912. The predicted molar refractivity (Wildman–Crippen MR) is 74.0 cm³/mol. The predicted octanol–water partition coefficient (Wildman–Crippen LogP) is 2.68. The summed E-state index contributed by atoms with van der Waals surface area (Å²) in [7, 11) is 0. The second kappa shape index (κ2) is 5.93. The van der Waals surface area contributed by atoms with Gasteiger partial charge in [0.1, 0.15) is 5.82 Å². The summed E-state index contributed by atoms with van der Waals surface area (Å²) in [6.45, 7) is 0.588. The molecule has 0 bridgehead atoms. The van der Waals surface area contributed by atoms with Crippen LogP contribution in [0.1, 0.15) is 37.9 Å². The fraction of sp³-hybridized carbons (Fsp3) is 0.733. The summed E-state index contributed by atoms with van der Waals surface area (Å²) in [4.78, 5) is 16.5. The number of alkyl halides is 3. The Hall–Kier alpha value is -1.53. The first-order valence-corrected chi connectivity index (χ1v) is 7.82. The van der Waals surface area contributed by atoms with Gasteiger partial charge in [-0.2, -0.15) is 13.2 Å². The highest BCUT2D eigenvalue weighted by atomic mass is 19.4. The lowest BCUT2D eigenvalue weighted by Crippen LogP contribution is -2.48. The molecule has 1 aliphatic heterocycles. The number of aryl methyl sites for hydroxylation is 1. The molecule has 1 aromatic rings. The molecule has 1 aromatic heterocycles. The molecule has 0 spiro atoms. The van der Waals surface area contributed by atoms with Crippen molar-refractivity contribution in [2.24, 2.45) is 11.8 Å². The van der Waals surface area contributed by atoms with Crippen LogP contribution < -0.4 is 5.32 Å². The van der Waals surface area contributed by atoms with Gasteiger partial charge in [0.2, 0.25) is 5.91 Å². The minimum Gasteiger partial charge on any atom is -0.351 e. The van der Waals surface area contributed by atoms with Gasteiger partial charge in [-0.25, -0.2) is 4.98 Å². The van der Waals surface area contributed by atoms with Gasteiger partial charge in [-0.15, -0.1) is 0 Å². The van der Waals surface area contributed by atoms with Crippen LogP contribution in [0.2, 0.25) is 0 Å². The Labute approximate surface area is 127 Å². The molecular formula is C15H20F3N3O. The minimum absolute atomic E-state index is 0.0674. The zero-order chi connectivity index (χ0) is 15.7. The van der Waals surface area contributed by atoms with Crippen molar-refractivity contribution in [2.45, 2.75) is 57.3 Å². The number of carbonyl (C=O) groups excluding carboxylic acids is 1. The number of aromatic nitrogens is 2. The maximum atomic E-state index is 13.1. The van der Waals surface area contributed by atoms with Gasteiger partial charge in [-0.1, -0.05) is 12.8 Å². The van der Waals surface area contributed by atoms with Crippen LogP contribution in [0.4, 0.5) is 13.2 Å². The first-order valence-electron chi connectivity index (χ1n) is 7.82. The van der Waals surface area contributed by atoms with Crippen LogP contribution in [0.15, 0.2) is 12.4 Å². The van der Waals surface area contributed by atoms with E-state index >= 15 is 0 Å². The molecule has 3 rings (SSSR count). The van der Waals surface area contributed by atoms with E-state index in [0.717, 1.165) is 18.7 Å². The van der Waals surface area contributed by atoms with Crippen molar-refractivity contribution < 1.29 is 18.0 Å². The third-order valence-electron chi connectivity index (χ3n) is 4.80. The Morgan fingerprint density at radius 3 is 2.82 bits per heavy atom. The lowest BCUT2D eigenvalue weighted by molar-refractivity contribution is -0.198. The zero-order valence-corrected chi connectivity index (χ0v) is 12.3. The third kappa shape index (κ3) is 3.13. The van der Waals surface area contributed by atoms with Gasteiger partial charge in [0.25, 0.3) is 0 Å². The SMILES string of the molecule is O=C(N[C@@H]1CCc2nccn2C1)[C@@H]1CCCC[C@H]1C(F)(F)F. The smallest absolute Gasteiger partial charge is 0.351 e. The molecule has 122 valence electrons. The fourth-order valence-corrected chi connectivity index (χ4v) is 3.63. The molecule has 0 radical (unpaired) electrons. The van der Waals surface area contributed by atoms with Crippen LogP contribution in [-0.2, 0) is 17.8 Å². The molecular weight excluding hydrogens is 295 g/mol. The first-order chi connectivity index (χ1) is 10.4. The normalized spacial score (nSPS) is 29.0. The van der Waals surface area contributed by atoms with Crippen LogP contribution >= 0.6 is 0 Å². The summed E-state index contributed by atoms with van der Waals surface area (Å²) < 4.78 is 41.2. The van der Waals surface area contributed by atoms with Gasteiger partial charge in [0.05, 0.1) is 5.92 Å². The van der Waals surface area contributed by atoms with Gasteiger partial charge in [0.15, 0.2) is 0 Å². The molecule has 0 unspecified atom stereocenters. The minimum atomic E-state index is -4.29. The van der Waals surface area contributed by atoms with Crippen molar-refractivity contribution in [3.8, 4) is 0 Å². The van der Waals surface area contributed by atoms with E-state index in [0.29, 0.717) is 25.8 Å². The number of hydrogen-bond donors (Lipinski definition) is 1. The molecule has 7 heteroatoms. The number of imidazole rings is 1. The summed E-state index contributed by atoms with van der Waals surface area (Å²) in [6, 6.07) is -0.106. The van der Waals surface area contributed by atoms with E-state index in [2.05, 4.69) is 10.3 Å². The number of hydrogen-bond acceptors (Lipinski definition) is 2. The molecule has 1 N–H and O–H groups in total. The highest BCUT2D eigenvalue weighted by Gasteiger charge is 2.48. The standard InChI is InChI=1S/C15H20F3N3O/c16-15(17,18)12-4-2-1-3-11(12)14(22)20-10-5-6-13-19-7-8-21(13)9-10/h7-8,10-12H,1-6,9H2,(H,20,22)/t10-,11-,12-/m1/s1. The molecule has 4 nitrogen and oxygen atoms in total. The highest BCUT2D eigenvalue weighted by Crippen LogP contribution is 2.41. The Morgan fingerprint density at radius 2 is 2.05 bits per heavy atom. The summed E-state index contributed by atoms with van der Waals surface area (Å²) in [5.74, 6) is -1.89. The molecule has 1 aliphatic carbocycles. The van der Waals surface area contributed by atoms with E-state index in [-0.39, 0.29) is 12.5 Å². The Kier molecular flexibility index (Phi) is 4.14. The van der Waals surface area contributed by atoms with Gasteiger partial charge >= 0.3 is 6.18 Å². The molecule has 3 atom stereocenters. The molecule has 1 fully saturated rings. The topological polar surface area (TPSA) is 46.9 Å². The van der Waals surface area contributed by atoms with Crippen LogP contribution in [0, 0.1) is 11.8 Å². The van der Waals surface area contributed by atoms with Gasteiger partial charge in [-0.3, -0.25) is 4.79 Å². The molecule has 1 saturated carbocycles. The molecule has 2 heterocycles. The van der Waals surface area contributed by atoms with Crippen LogP contribution in [0.5, 0.6) is 0 Å². The maximum absolute atomic E-state index is 13.1. The monoisotopic (exact) mass is 315 g/mol. The molecule has 1 amide bonds. The number of halogens is 3. The van der Waals surface area contributed by atoms with Gasteiger partial charge in [0, 0.05) is 37.3 Å². The summed E-state index contributed by atoms with van der Waals surface area (Å²) in [6.07, 6.45) is 2.38. The van der Waals surface area contributed by atoms with E-state index in [9.17, 15) is 18.0 Å². The average Bonchev–Trinajstić information content (AvgIpc) is 2.94. The average molecular weight is 315 g/mol. The lowest BCUT2D eigenvalue weighted by Gasteiger charge is -2.34. The second-order valence-electron chi connectivity index (χ2n) is 6.28. The van der Waals surface area contributed by atoms with Crippen molar-refractivity contribution in [3.63, 3.8) is 0 Å². The number of rotatable bonds is 2. The van der Waals surface area contributed by atoms with E-state index in [1.807, 2.05) is 10.8 Å². The van der Waals surface area contributed by atoms with Gasteiger partial charge in [-0.05, 0) is 19.3 Å². The van der Waals surface area contributed by atoms with Crippen molar-refractivity contribution in [3.05, 3.63) is 18.2 Å². The van der Waals surface area contributed by atoms with Crippen LogP contribution in [0.3, 0.4) is 0 Å². The molecule has 22 heavy (non-hydrogen) atoms. The third-order valence-corrected chi connectivity index (χ3v) is 4.80. The fourth-order valence-electron chi connectivity index (χ4n) is 3.63. The Bertz CT molecular complexity index is 540. The van der Waals surface area contributed by atoms with Crippen LogP contribution in [-0.4, -0.2) is 27.7 Å². The molecule has 0 aromatic carbocycles. The van der Waals surface area contributed by atoms with Gasteiger partial charge < -0.3 is 9.88 Å². The largest absolute Gasteiger partial charge is 0.392 e. The van der Waals surface area contributed by atoms with Crippen LogP contribution in [0.25, 0.3) is 0 Å². The van der Waals surface area contributed by atoms with E-state index in [1.54, 1.807) is 6.20 Å². The maximum Gasteiger partial charge on any atom is 0.392 e. The zero-order valence-electron chi connectivity index (χ0n) is 12.3. The molecule has 2 aliphatic rings. The van der Waals surface area contributed by atoms with Crippen molar-refractivity contribution >= 4 is 5.91 Å². The number of fused-ring (bicyclic) bond motifs is 1. The Morgan fingerprint density at radius 1 is 1.27 bits per heavy atom. The number of nitrogens with one attached hydrogen (secondary N) is 1. The van der Waals surface area contributed by atoms with E-state index in [4.69, 9.17) is 0 Å². The highest BCUT2D eigenvalue weighted by molar-refractivity contribution is 5.79. The summed E-state index contributed by atoms with van der Waals surface area (Å²) >= 11 is 0. The van der Waals surface area contributed by atoms with Crippen molar-refractivity contribution in [1.29, 1.82) is 0 Å². The summed E-state index contributed by atoms with van der Waals surface area (Å²) in [5, 5.41) is 2.83.